The molecule has 0 aromatic heterocycles. The first-order valence-electron chi connectivity index (χ1n) is 13.8. The average Bonchev–Trinajstić information content (AvgIpc) is 2.82. The number of hydrogen-bond acceptors (Lipinski definition) is 3. The molecule has 0 aliphatic rings. The Labute approximate surface area is 213 Å². The highest BCUT2D eigenvalue weighted by Crippen LogP contribution is 2.27. The second-order valence-corrected chi connectivity index (χ2v) is 10.1. The zero-order valence-electron chi connectivity index (χ0n) is 22.7. The molecule has 3 N–H and O–H groups in total. The molecule has 0 aliphatic heterocycles. The van der Waals surface area contributed by atoms with Gasteiger partial charge in [0.25, 0.3) is 0 Å². The number of hydrogen-bond donors (Lipinski definition) is 3. The van der Waals surface area contributed by atoms with Crippen molar-refractivity contribution in [2.45, 2.75) is 142 Å². The number of rotatable bonds is 23. The van der Waals surface area contributed by atoms with E-state index in [0.717, 1.165) is 32.1 Å². The maximum atomic E-state index is 11.8. The van der Waals surface area contributed by atoms with Gasteiger partial charge >= 0.3 is 17.9 Å². The molecule has 0 spiro atoms. The van der Waals surface area contributed by atoms with Crippen molar-refractivity contribution in [2.24, 2.45) is 0 Å². The second-order valence-electron chi connectivity index (χ2n) is 10.1. The third-order valence-corrected chi connectivity index (χ3v) is 7.54. The molecule has 0 saturated carbocycles. The standard InChI is InChI=1S/C28H51NO6/c1-5-6-7-8-9-10-11-12-13-14-15-16-17-18-19-20-21-22-29(23(2)26(30)31,24(3)27(32)33)25(4)28(34)35/h15-16,23-25H,5-14,17-22H2,1-4H3,(H2-,30,31,32,33,34,35)/p+1/b16-15+. The fourth-order valence-corrected chi connectivity index (χ4v) is 5.01. The van der Waals surface area contributed by atoms with E-state index in [9.17, 15) is 29.7 Å². The van der Waals surface area contributed by atoms with Gasteiger partial charge in [-0.2, -0.15) is 0 Å². The minimum Gasteiger partial charge on any atom is -0.477 e. The van der Waals surface area contributed by atoms with Crippen LogP contribution in [0.15, 0.2) is 12.2 Å². The van der Waals surface area contributed by atoms with E-state index in [0.29, 0.717) is 6.42 Å². The summed E-state index contributed by atoms with van der Waals surface area (Å²) in [6.45, 7) is 6.71. The molecule has 0 aromatic carbocycles. The Balaban J connectivity index is 4.33. The molecule has 0 aromatic rings. The minimum absolute atomic E-state index is 0.211. The van der Waals surface area contributed by atoms with Gasteiger partial charge in [-0.3, -0.25) is 4.48 Å². The van der Waals surface area contributed by atoms with Crippen LogP contribution in [0.2, 0.25) is 0 Å². The molecule has 0 bridgehead atoms. The van der Waals surface area contributed by atoms with Crippen LogP contribution in [0.5, 0.6) is 0 Å². The zero-order chi connectivity index (χ0) is 26.7. The van der Waals surface area contributed by atoms with Crippen LogP contribution < -0.4 is 0 Å². The molecule has 0 rings (SSSR count). The summed E-state index contributed by atoms with van der Waals surface area (Å²) in [6.07, 6.45) is 22.0. The van der Waals surface area contributed by atoms with Gasteiger partial charge in [-0.05, 0) is 59.3 Å². The number of carboxylic acids is 3. The average molecular weight is 499 g/mol. The molecule has 0 aliphatic carbocycles. The summed E-state index contributed by atoms with van der Waals surface area (Å²) in [4.78, 5) is 35.3. The van der Waals surface area contributed by atoms with E-state index in [2.05, 4.69) is 19.1 Å². The highest BCUT2D eigenvalue weighted by Gasteiger charge is 2.52. The number of unbranched alkanes of at least 4 members (excludes halogenated alkanes) is 13. The molecular formula is C28H52NO6+. The Bertz CT molecular complexity index is 583. The molecule has 3 unspecified atom stereocenters. The van der Waals surface area contributed by atoms with Gasteiger partial charge in [-0.1, -0.05) is 76.9 Å². The van der Waals surface area contributed by atoms with E-state index < -0.39 is 40.5 Å². The summed E-state index contributed by atoms with van der Waals surface area (Å²) in [7, 11) is 0. The van der Waals surface area contributed by atoms with E-state index in [-0.39, 0.29) is 6.54 Å². The summed E-state index contributed by atoms with van der Waals surface area (Å²) in [5.41, 5.74) is 0. The van der Waals surface area contributed by atoms with Gasteiger partial charge in [0.2, 0.25) is 0 Å². The molecule has 0 fully saturated rings. The molecule has 0 amide bonds. The van der Waals surface area contributed by atoms with Crippen LogP contribution >= 0.6 is 0 Å². The molecule has 0 saturated heterocycles. The van der Waals surface area contributed by atoms with Crippen LogP contribution in [0.25, 0.3) is 0 Å². The number of allylic oxidation sites excluding steroid dienone is 2. The fourth-order valence-electron chi connectivity index (χ4n) is 5.01. The van der Waals surface area contributed by atoms with Gasteiger partial charge in [0.15, 0.2) is 18.1 Å². The Morgan fingerprint density at radius 1 is 0.571 bits per heavy atom. The number of nitrogens with zero attached hydrogens (tertiary/aromatic N) is 1. The first-order chi connectivity index (χ1) is 16.6. The summed E-state index contributed by atoms with van der Waals surface area (Å²) in [6, 6.07) is -3.39. The maximum absolute atomic E-state index is 11.8. The minimum atomic E-state index is -1.18. The monoisotopic (exact) mass is 498 g/mol. The third kappa shape index (κ3) is 12.6. The topological polar surface area (TPSA) is 112 Å². The van der Waals surface area contributed by atoms with E-state index >= 15 is 0 Å². The molecule has 204 valence electrons. The van der Waals surface area contributed by atoms with E-state index in [1.165, 1.54) is 78.6 Å². The SMILES string of the molecule is CCCCCCCCCCC/C=C/CCCCCC[N+](C(C)C(=O)O)(C(C)C(=O)O)C(C)C(=O)O. The normalized spacial score (nSPS) is 16.0. The Morgan fingerprint density at radius 2 is 0.886 bits per heavy atom. The predicted octanol–water partition coefficient (Wildman–Crippen LogP) is 6.65. The zero-order valence-corrected chi connectivity index (χ0v) is 22.7. The van der Waals surface area contributed by atoms with Gasteiger partial charge in [0.1, 0.15) is 0 Å². The van der Waals surface area contributed by atoms with Crippen molar-refractivity contribution in [3.8, 4) is 0 Å². The van der Waals surface area contributed by atoms with Crippen LogP contribution in [-0.2, 0) is 14.4 Å². The van der Waals surface area contributed by atoms with Crippen LogP contribution in [0.4, 0.5) is 0 Å². The molecule has 0 radical (unpaired) electrons. The van der Waals surface area contributed by atoms with Crippen molar-refractivity contribution in [1.82, 2.24) is 0 Å². The van der Waals surface area contributed by atoms with Gasteiger partial charge in [-0.25, -0.2) is 14.4 Å². The lowest BCUT2D eigenvalue weighted by molar-refractivity contribution is -0.968. The second kappa shape index (κ2) is 19.3. The van der Waals surface area contributed by atoms with E-state index in [1.807, 2.05) is 0 Å². The number of carbonyl (C=O) groups is 3. The van der Waals surface area contributed by atoms with Gasteiger partial charge < -0.3 is 15.3 Å². The summed E-state index contributed by atoms with van der Waals surface area (Å²) >= 11 is 0. The highest BCUT2D eigenvalue weighted by atomic mass is 16.4. The van der Waals surface area contributed by atoms with Gasteiger partial charge in [0, 0.05) is 0 Å². The number of quaternary nitrogens is 1. The lowest BCUT2D eigenvalue weighted by atomic mass is 10.00. The molecule has 35 heavy (non-hydrogen) atoms. The molecule has 7 heteroatoms. The molecule has 7 nitrogen and oxygen atoms in total. The predicted molar refractivity (Wildman–Crippen MR) is 140 cm³/mol. The smallest absolute Gasteiger partial charge is 0.362 e. The van der Waals surface area contributed by atoms with Crippen molar-refractivity contribution < 1.29 is 34.2 Å². The lowest BCUT2D eigenvalue weighted by Crippen LogP contribution is -2.70. The summed E-state index contributed by atoms with van der Waals surface area (Å²) in [5.74, 6) is -3.53. The van der Waals surface area contributed by atoms with Crippen molar-refractivity contribution in [2.75, 3.05) is 6.54 Å². The first-order valence-corrected chi connectivity index (χ1v) is 13.8. The summed E-state index contributed by atoms with van der Waals surface area (Å²) < 4.78 is -0.487. The first kappa shape index (κ1) is 33.1. The summed E-state index contributed by atoms with van der Waals surface area (Å²) in [5, 5.41) is 28.8. The number of carboxylic acid groups (broad SMARTS) is 3. The number of aliphatic carboxylic acids is 3. The molecular weight excluding hydrogens is 446 g/mol. The maximum Gasteiger partial charge on any atom is 0.362 e. The molecule has 0 heterocycles. The van der Waals surface area contributed by atoms with Crippen molar-refractivity contribution >= 4 is 17.9 Å². The van der Waals surface area contributed by atoms with Crippen molar-refractivity contribution in [3.63, 3.8) is 0 Å². The van der Waals surface area contributed by atoms with E-state index in [4.69, 9.17) is 0 Å². The fraction of sp³-hybridized carbons (Fsp3) is 0.821. The van der Waals surface area contributed by atoms with Crippen LogP contribution in [0.3, 0.4) is 0 Å². The highest BCUT2D eigenvalue weighted by molar-refractivity contribution is 5.77. The van der Waals surface area contributed by atoms with E-state index in [1.54, 1.807) is 0 Å². The van der Waals surface area contributed by atoms with Crippen LogP contribution in [-0.4, -0.2) is 62.4 Å². The Morgan fingerprint density at radius 3 is 1.23 bits per heavy atom. The quantitative estimate of drug-likeness (QED) is 0.0826. The molecule has 3 atom stereocenters. The Hall–Kier alpha value is -1.89. The third-order valence-electron chi connectivity index (χ3n) is 7.54. The van der Waals surface area contributed by atoms with Crippen molar-refractivity contribution in [3.05, 3.63) is 12.2 Å². The van der Waals surface area contributed by atoms with Crippen LogP contribution in [0, 0.1) is 0 Å². The van der Waals surface area contributed by atoms with Crippen molar-refractivity contribution in [1.29, 1.82) is 0 Å². The largest absolute Gasteiger partial charge is 0.477 e. The van der Waals surface area contributed by atoms with Gasteiger partial charge in [0.05, 0.1) is 6.54 Å². The van der Waals surface area contributed by atoms with Gasteiger partial charge in [-0.15, -0.1) is 0 Å². The Kier molecular flexibility index (Phi) is 18.3. The lowest BCUT2D eigenvalue weighted by Gasteiger charge is -2.47. The van der Waals surface area contributed by atoms with Crippen LogP contribution in [0.1, 0.15) is 124 Å².